The second-order valence-electron chi connectivity index (χ2n) is 15.2. The molecule has 8 atom stereocenters. The van der Waals surface area contributed by atoms with Crippen molar-refractivity contribution in [3.63, 3.8) is 0 Å². The third kappa shape index (κ3) is 6.76. The Kier molecular flexibility index (Phi) is 11.0. The molecule has 4 aliphatic carbocycles. The van der Waals surface area contributed by atoms with Gasteiger partial charge in [0.15, 0.2) is 0 Å². The van der Waals surface area contributed by atoms with Gasteiger partial charge in [0, 0.05) is 24.2 Å². The molecule has 1 aromatic carbocycles. The first-order chi connectivity index (χ1) is 19.8. The molecule has 3 saturated carbocycles. The molecular formula is C36H52I3NO2. The summed E-state index contributed by atoms with van der Waals surface area (Å²) in [5.74, 6) is 5.04. The molecule has 1 aromatic rings. The maximum Gasteiger partial charge on any atom is 0.325 e. The average Bonchev–Trinajstić information content (AvgIpc) is 3.25. The van der Waals surface area contributed by atoms with Crippen LogP contribution in [0.3, 0.4) is 0 Å². The highest BCUT2D eigenvalue weighted by Gasteiger charge is 2.59. The monoisotopic (exact) mass is 911 g/mol. The number of allylic oxidation sites excluding steroid dienone is 1. The van der Waals surface area contributed by atoms with Gasteiger partial charge in [-0.05, 0) is 171 Å². The molecule has 0 radical (unpaired) electrons. The van der Waals surface area contributed by atoms with Gasteiger partial charge < -0.3 is 9.64 Å². The summed E-state index contributed by atoms with van der Waals surface area (Å²) in [6.45, 7) is 12.9. The van der Waals surface area contributed by atoms with E-state index in [2.05, 4.69) is 125 Å². The SMILES string of the molecule is CC(C)CCC[C@@H](C)[C@H]1CC[C@H]2[C@@H]3CC=C4C[C@@H](OC(=O)CN(C)c5c(I)cc(I)cc5I)CC[C@]4(C)[C@H]3CC[C@]12C. The van der Waals surface area contributed by atoms with E-state index < -0.39 is 0 Å². The van der Waals surface area contributed by atoms with Crippen molar-refractivity contribution >= 4 is 79.4 Å². The Labute approximate surface area is 296 Å². The molecule has 0 amide bonds. The molecule has 0 spiro atoms. The summed E-state index contributed by atoms with van der Waals surface area (Å²) in [4.78, 5) is 15.2. The highest BCUT2D eigenvalue weighted by Crippen LogP contribution is 2.67. The maximum atomic E-state index is 13.1. The molecule has 5 rings (SSSR count). The van der Waals surface area contributed by atoms with Crippen LogP contribution in [0.4, 0.5) is 5.69 Å². The summed E-state index contributed by atoms with van der Waals surface area (Å²) < 4.78 is 9.73. The van der Waals surface area contributed by atoms with Gasteiger partial charge >= 0.3 is 5.97 Å². The van der Waals surface area contributed by atoms with Gasteiger partial charge in [-0.25, -0.2) is 0 Å². The van der Waals surface area contributed by atoms with E-state index in [0.717, 1.165) is 54.0 Å². The van der Waals surface area contributed by atoms with Crippen molar-refractivity contribution < 1.29 is 9.53 Å². The highest BCUT2D eigenvalue weighted by molar-refractivity contribution is 14.1. The molecular weight excluding hydrogens is 859 g/mol. The van der Waals surface area contributed by atoms with Crippen molar-refractivity contribution in [2.45, 2.75) is 111 Å². The van der Waals surface area contributed by atoms with Crippen molar-refractivity contribution in [2.24, 2.45) is 46.3 Å². The lowest BCUT2D eigenvalue weighted by Crippen LogP contribution is -2.51. The molecule has 0 N–H and O–H groups in total. The fourth-order valence-corrected chi connectivity index (χ4v) is 14.6. The van der Waals surface area contributed by atoms with Crippen LogP contribution in [0.1, 0.15) is 105 Å². The Morgan fingerprint density at radius 2 is 1.71 bits per heavy atom. The zero-order chi connectivity index (χ0) is 30.4. The molecule has 6 heteroatoms. The van der Waals surface area contributed by atoms with E-state index in [1.165, 1.54) is 68.5 Å². The fourth-order valence-electron chi connectivity index (χ4n) is 10.1. The predicted molar refractivity (Wildman–Crippen MR) is 201 cm³/mol. The van der Waals surface area contributed by atoms with Gasteiger partial charge in [-0.15, -0.1) is 0 Å². The summed E-state index contributed by atoms with van der Waals surface area (Å²) in [5, 5.41) is 0. The minimum atomic E-state index is -0.0986. The first kappa shape index (κ1) is 33.8. The number of nitrogens with zero attached hydrogens (tertiary/aromatic N) is 1. The van der Waals surface area contributed by atoms with Crippen LogP contribution in [0.25, 0.3) is 0 Å². The zero-order valence-corrected chi connectivity index (χ0v) is 33.1. The fraction of sp³-hybridized carbons (Fsp3) is 0.750. The quantitative estimate of drug-likeness (QED) is 0.140. The number of halogens is 3. The minimum absolute atomic E-state index is 0.0213. The van der Waals surface area contributed by atoms with Crippen LogP contribution in [0, 0.1) is 57.0 Å². The van der Waals surface area contributed by atoms with E-state index >= 15 is 0 Å². The summed E-state index contributed by atoms with van der Waals surface area (Å²) in [6.07, 6.45) is 16.9. The van der Waals surface area contributed by atoms with Gasteiger partial charge in [0.05, 0.1) is 5.69 Å². The number of carbonyl (C=O) groups excluding carboxylic acids is 1. The smallest absolute Gasteiger partial charge is 0.325 e. The Balaban J connectivity index is 1.20. The second-order valence-corrected chi connectivity index (χ2v) is 18.8. The van der Waals surface area contributed by atoms with Crippen LogP contribution in [0.2, 0.25) is 0 Å². The van der Waals surface area contributed by atoms with Gasteiger partial charge in [-0.3, -0.25) is 4.79 Å². The number of esters is 1. The van der Waals surface area contributed by atoms with Crippen LogP contribution >= 0.6 is 67.8 Å². The maximum absolute atomic E-state index is 13.1. The van der Waals surface area contributed by atoms with E-state index in [1.54, 1.807) is 5.57 Å². The lowest BCUT2D eigenvalue weighted by molar-refractivity contribution is -0.149. The van der Waals surface area contributed by atoms with E-state index in [9.17, 15) is 4.79 Å². The summed E-state index contributed by atoms with van der Waals surface area (Å²) in [5.41, 5.74) is 3.54. The van der Waals surface area contributed by atoms with Gasteiger partial charge in [0.1, 0.15) is 12.6 Å². The number of fused-ring (bicyclic) bond motifs is 5. The van der Waals surface area contributed by atoms with Crippen LogP contribution in [0.15, 0.2) is 23.8 Å². The number of anilines is 1. The highest BCUT2D eigenvalue weighted by atomic mass is 127. The van der Waals surface area contributed by atoms with Gasteiger partial charge in [0.2, 0.25) is 0 Å². The van der Waals surface area contributed by atoms with Crippen LogP contribution in [-0.2, 0) is 9.53 Å². The summed E-state index contributed by atoms with van der Waals surface area (Å²) >= 11 is 7.10. The molecule has 3 nitrogen and oxygen atoms in total. The molecule has 0 bridgehead atoms. The van der Waals surface area contributed by atoms with Gasteiger partial charge in [0.25, 0.3) is 0 Å². The molecule has 0 heterocycles. The Morgan fingerprint density at radius 1 is 1.00 bits per heavy atom. The molecule has 0 unspecified atom stereocenters. The van der Waals surface area contributed by atoms with Crippen molar-refractivity contribution in [2.75, 3.05) is 18.5 Å². The minimum Gasteiger partial charge on any atom is -0.461 e. The number of benzene rings is 1. The average molecular weight is 912 g/mol. The predicted octanol–water partition coefficient (Wildman–Crippen LogP) is 10.9. The summed E-state index contributed by atoms with van der Waals surface area (Å²) in [6, 6.07) is 4.33. The van der Waals surface area contributed by atoms with E-state index in [1.807, 2.05) is 7.05 Å². The molecule has 42 heavy (non-hydrogen) atoms. The lowest BCUT2D eigenvalue weighted by atomic mass is 9.47. The van der Waals surface area contributed by atoms with Gasteiger partial charge in [-0.1, -0.05) is 65.5 Å². The second kappa shape index (κ2) is 13.6. The number of likely N-dealkylation sites (N-methyl/N-ethyl adjacent to an activating group) is 1. The normalized spacial score (nSPS) is 34.7. The van der Waals surface area contributed by atoms with Crippen LogP contribution < -0.4 is 4.90 Å². The van der Waals surface area contributed by atoms with Crippen LogP contribution in [-0.4, -0.2) is 25.7 Å². The Hall–Kier alpha value is 0.420. The lowest BCUT2D eigenvalue weighted by Gasteiger charge is -2.58. The number of rotatable bonds is 9. The topological polar surface area (TPSA) is 29.5 Å². The first-order valence-electron chi connectivity index (χ1n) is 16.6. The van der Waals surface area contributed by atoms with Gasteiger partial charge in [-0.2, -0.15) is 0 Å². The number of carbonyl (C=O) groups is 1. The van der Waals surface area contributed by atoms with Crippen molar-refractivity contribution in [1.82, 2.24) is 0 Å². The van der Waals surface area contributed by atoms with E-state index in [4.69, 9.17) is 4.74 Å². The number of ether oxygens (including phenoxy) is 1. The van der Waals surface area contributed by atoms with Crippen molar-refractivity contribution in [1.29, 1.82) is 0 Å². The first-order valence-corrected chi connectivity index (χ1v) is 19.8. The van der Waals surface area contributed by atoms with Crippen LogP contribution in [0.5, 0.6) is 0 Å². The molecule has 4 aliphatic rings. The third-order valence-electron chi connectivity index (χ3n) is 12.3. The molecule has 0 aromatic heterocycles. The summed E-state index contributed by atoms with van der Waals surface area (Å²) in [7, 11) is 2.01. The molecule has 0 saturated heterocycles. The van der Waals surface area contributed by atoms with E-state index in [0.29, 0.717) is 17.4 Å². The van der Waals surface area contributed by atoms with E-state index in [-0.39, 0.29) is 12.1 Å². The van der Waals surface area contributed by atoms with Crippen molar-refractivity contribution in [3.8, 4) is 0 Å². The van der Waals surface area contributed by atoms with Crippen molar-refractivity contribution in [3.05, 3.63) is 34.5 Å². The number of hydrogen-bond acceptors (Lipinski definition) is 3. The molecule has 3 fully saturated rings. The standard InChI is InChI=1S/C36H52I3NO2/c1-22(2)8-7-9-23(3)28-12-13-29-27-11-10-24-18-26(14-16-35(24,4)30(27)15-17-36(28,29)5)42-33(41)21-40(6)34-31(38)19-25(37)20-32(34)39/h10,19-20,22-23,26-30H,7-9,11-18,21H2,1-6H3/t23-,26+,27+,28-,29+,30+,35+,36-/m1/s1. The molecule has 0 aliphatic heterocycles. The zero-order valence-electron chi connectivity index (χ0n) is 26.7. The number of hydrogen-bond donors (Lipinski definition) is 0. The third-order valence-corrected chi connectivity index (χ3v) is 14.6. The molecule has 234 valence electrons. The largest absolute Gasteiger partial charge is 0.461 e. The Bertz CT molecular complexity index is 1160. The Morgan fingerprint density at radius 3 is 2.40 bits per heavy atom.